The van der Waals surface area contributed by atoms with E-state index in [1.807, 2.05) is 19.1 Å². The molecule has 0 saturated heterocycles. The number of carbonyl (C=O) groups excluding carboxylic acids is 2. The summed E-state index contributed by atoms with van der Waals surface area (Å²) in [6, 6.07) is 17.4. The standard InChI is InChI=1S/C25H21F2N5O2/c1-14-4-2-3-5-18(14)25(34)30-13-15-6-8-16(9-7-15)22-21(24(29)33)23(28)32(31-22)17-10-11-19(26)20(27)12-17/h2-12H,13,28H2,1H3,(H2,29,33)(H,30,34). The van der Waals surface area contributed by atoms with Crippen LogP contribution in [0.3, 0.4) is 0 Å². The van der Waals surface area contributed by atoms with E-state index in [9.17, 15) is 18.4 Å². The number of nitrogens with two attached hydrogens (primary N) is 2. The molecule has 0 radical (unpaired) electrons. The lowest BCUT2D eigenvalue weighted by atomic mass is 10.0. The molecule has 1 heterocycles. The van der Waals surface area contributed by atoms with Gasteiger partial charge in [0.2, 0.25) is 0 Å². The molecule has 3 aromatic carbocycles. The zero-order valence-corrected chi connectivity index (χ0v) is 18.2. The molecule has 7 nitrogen and oxygen atoms in total. The fraction of sp³-hybridized carbons (Fsp3) is 0.0800. The van der Waals surface area contributed by atoms with Gasteiger partial charge in [-0.3, -0.25) is 9.59 Å². The minimum Gasteiger partial charge on any atom is -0.383 e. The van der Waals surface area contributed by atoms with Crippen molar-refractivity contribution in [2.24, 2.45) is 5.73 Å². The lowest BCUT2D eigenvalue weighted by Crippen LogP contribution is -2.23. The van der Waals surface area contributed by atoms with Crippen molar-refractivity contribution >= 4 is 17.6 Å². The normalized spacial score (nSPS) is 10.8. The van der Waals surface area contributed by atoms with Crippen molar-refractivity contribution in [3.05, 3.63) is 101 Å². The van der Waals surface area contributed by atoms with E-state index in [0.717, 1.165) is 27.9 Å². The first-order valence-electron chi connectivity index (χ1n) is 10.3. The van der Waals surface area contributed by atoms with Gasteiger partial charge < -0.3 is 16.8 Å². The van der Waals surface area contributed by atoms with Crippen molar-refractivity contribution in [1.82, 2.24) is 15.1 Å². The van der Waals surface area contributed by atoms with Gasteiger partial charge >= 0.3 is 0 Å². The zero-order chi connectivity index (χ0) is 24.4. The molecule has 172 valence electrons. The Balaban J connectivity index is 1.59. The molecule has 4 rings (SSSR count). The van der Waals surface area contributed by atoms with Crippen molar-refractivity contribution in [2.45, 2.75) is 13.5 Å². The summed E-state index contributed by atoms with van der Waals surface area (Å²) < 4.78 is 28.2. The van der Waals surface area contributed by atoms with E-state index in [2.05, 4.69) is 10.4 Å². The second kappa shape index (κ2) is 9.14. The Bertz CT molecular complexity index is 1400. The topological polar surface area (TPSA) is 116 Å². The van der Waals surface area contributed by atoms with Gasteiger partial charge in [0.1, 0.15) is 17.1 Å². The Morgan fingerprint density at radius 2 is 1.71 bits per heavy atom. The van der Waals surface area contributed by atoms with Gasteiger partial charge in [-0.25, -0.2) is 13.5 Å². The molecule has 0 unspecified atom stereocenters. The van der Waals surface area contributed by atoms with Crippen molar-refractivity contribution < 1.29 is 18.4 Å². The molecule has 0 aliphatic carbocycles. The van der Waals surface area contributed by atoms with Crippen LogP contribution in [0.25, 0.3) is 16.9 Å². The van der Waals surface area contributed by atoms with Crippen LogP contribution in [0.5, 0.6) is 0 Å². The minimum absolute atomic E-state index is 0.0367. The number of amides is 2. The first kappa shape index (κ1) is 22.7. The number of nitrogen functional groups attached to an aromatic ring is 1. The number of hydrogen-bond acceptors (Lipinski definition) is 4. The van der Waals surface area contributed by atoms with E-state index in [1.54, 1.807) is 36.4 Å². The SMILES string of the molecule is Cc1ccccc1C(=O)NCc1ccc(-c2nn(-c3ccc(F)c(F)c3)c(N)c2C(N)=O)cc1. The lowest BCUT2D eigenvalue weighted by Gasteiger charge is -2.08. The van der Waals surface area contributed by atoms with Crippen molar-refractivity contribution in [1.29, 1.82) is 0 Å². The molecule has 4 aromatic rings. The Hall–Kier alpha value is -4.53. The highest BCUT2D eigenvalue weighted by Crippen LogP contribution is 2.29. The number of anilines is 1. The maximum Gasteiger partial charge on any atom is 0.254 e. The first-order valence-corrected chi connectivity index (χ1v) is 10.3. The number of aryl methyl sites for hydroxylation is 1. The fourth-order valence-electron chi connectivity index (χ4n) is 3.58. The Morgan fingerprint density at radius 1 is 1.00 bits per heavy atom. The second-order valence-corrected chi connectivity index (χ2v) is 7.68. The van der Waals surface area contributed by atoms with Crippen LogP contribution in [0.15, 0.2) is 66.7 Å². The van der Waals surface area contributed by atoms with Gasteiger partial charge in [0.15, 0.2) is 11.6 Å². The number of primary amides is 1. The summed E-state index contributed by atoms with van der Waals surface area (Å²) in [5.74, 6) is -3.18. The molecule has 2 amide bonds. The molecule has 0 aliphatic rings. The molecule has 0 bridgehead atoms. The van der Waals surface area contributed by atoms with Gasteiger partial charge in [-0.05, 0) is 36.2 Å². The summed E-state index contributed by atoms with van der Waals surface area (Å²) in [4.78, 5) is 24.5. The Morgan fingerprint density at radius 3 is 2.35 bits per heavy atom. The molecule has 0 atom stereocenters. The molecule has 9 heteroatoms. The predicted octanol–water partition coefficient (Wildman–Crippen LogP) is 3.74. The third-order valence-electron chi connectivity index (χ3n) is 5.39. The molecule has 1 aromatic heterocycles. The van der Waals surface area contributed by atoms with E-state index in [4.69, 9.17) is 11.5 Å². The van der Waals surface area contributed by atoms with E-state index < -0.39 is 17.5 Å². The number of rotatable bonds is 6. The average Bonchev–Trinajstić information content (AvgIpc) is 3.17. The minimum atomic E-state index is -1.08. The van der Waals surface area contributed by atoms with Crippen LogP contribution in [-0.2, 0) is 6.54 Å². The van der Waals surface area contributed by atoms with Crippen molar-refractivity contribution in [2.75, 3.05) is 5.73 Å². The maximum atomic E-state index is 13.7. The van der Waals surface area contributed by atoms with E-state index in [0.29, 0.717) is 17.7 Å². The van der Waals surface area contributed by atoms with Gasteiger partial charge in [-0.15, -0.1) is 0 Å². The Kier molecular flexibility index (Phi) is 6.09. The molecular weight excluding hydrogens is 440 g/mol. The summed E-state index contributed by atoms with van der Waals surface area (Å²) in [6.07, 6.45) is 0. The zero-order valence-electron chi connectivity index (χ0n) is 18.2. The number of carbonyl (C=O) groups is 2. The number of benzene rings is 3. The first-order chi connectivity index (χ1) is 16.3. The highest BCUT2D eigenvalue weighted by molar-refractivity contribution is 6.03. The van der Waals surface area contributed by atoms with Gasteiger partial charge in [-0.1, -0.05) is 42.5 Å². The van der Waals surface area contributed by atoms with Crippen LogP contribution in [0.1, 0.15) is 31.8 Å². The van der Waals surface area contributed by atoms with Gasteiger partial charge in [0.05, 0.1) is 5.69 Å². The maximum absolute atomic E-state index is 13.7. The molecule has 0 fully saturated rings. The van der Waals surface area contributed by atoms with Crippen LogP contribution in [-0.4, -0.2) is 21.6 Å². The monoisotopic (exact) mass is 461 g/mol. The van der Waals surface area contributed by atoms with E-state index >= 15 is 0 Å². The molecule has 0 aliphatic heterocycles. The summed E-state index contributed by atoms with van der Waals surface area (Å²) in [7, 11) is 0. The molecule has 0 saturated carbocycles. The number of nitrogens with zero attached hydrogens (tertiary/aromatic N) is 2. The van der Waals surface area contributed by atoms with Gasteiger partial charge in [-0.2, -0.15) is 5.10 Å². The molecule has 0 spiro atoms. The predicted molar refractivity (Wildman–Crippen MR) is 124 cm³/mol. The van der Waals surface area contributed by atoms with E-state index in [-0.39, 0.29) is 28.7 Å². The Labute approximate surface area is 194 Å². The highest BCUT2D eigenvalue weighted by Gasteiger charge is 2.23. The fourth-order valence-corrected chi connectivity index (χ4v) is 3.58. The van der Waals surface area contributed by atoms with Gasteiger partial charge in [0.25, 0.3) is 11.8 Å². The van der Waals surface area contributed by atoms with Gasteiger partial charge in [0, 0.05) is 23.7 Å². The smallest absolute Gasteiger partial charge is 0.254 e. The van der Waals surface area contributed by atoms with Crippen molar-refractivity contribution in [3.63, 3.8) is 0 Å². The number of halogens is 2. The quantitative estimate of drug-likeness (QED) is 0.406. The third-order valence-corrected chi connectivity index (χ3v) is 5.39. The van der Waals surface area contributed by atoms with Crippen LogP contribution >= 0.6 is 0 Å². The van der Waals surface area contributed by atoms with Crippen LogP contribution < -0.4 is 16.8 Å². The van der Waals surface area contributed by atoms with E-state index in [1.165, 1.54) is 6.07 Å². The number of hydrogen-bond donors (Lipinski definition) is 3. The summed E-state index contributed by atoms with van der Waals surface area (Å²) in [5.41, 5.74) is 14.7. The lowest BCUT2D eigenvalue weighted by molar-refractivity contribution is 0.0949. The number of aromatic nitrogens is 2. The van der Waals surface area contributed by atoms with Crippen LogP contribution in [0.2, 0.25) is 0 Å². The number of nitrogens with one attached hydrogen (secondary N) is 1. The van der Waals surface area contributed by atoms with Crippen LogP contribution in [0.4, 0.5) is 14.6 Å². The summed E-state index contributed by atoms with van der Waals surface area (Å²) in [6.45, 7) is 2.16. The second-order valence-electron chi connectivity index (χ2n) is 7.68. The highest BCUT2D eigenvalue weighted by atomic mass is 19.2. The average molecular weight is 461 g/mol. The summed E-state index contributed by atoms with van der Waals surface area (Å²) >= 11 is 0. The van der Waals surface area contributed by atoms with Crippen LogP contribution in [0, 0.1) is 18.6 Å². The summed E-state index contributed by atoms with van der Waals surface area (Å²) in [5, 5.41) is 7.20. The largest absolute Gasteiger partial charge is 0.383 e. The van der Waals surface area contributed by atoms with Crippen molar-refractivity contribution in [3.8, 4) is 16.9 Å². The molecule has 34 heavy (non-hydrogen) atoms. The molecular formula is C25H21F2N5O2. The third kappa shape index (κ3) is 4.36. The molecule has 5 N–H and O–H groups in total.